The van der Waals surface area contributed by atoms with Crippen molar-refractivity contribution in [3.63, 3.8) is 0 Å². The average Bonchev–Trinajstić information content (AvgIpc) is 2.34. The highest BCUT2D eigenvalue weighted by atomic mass is 16.2. The van der Waals surface area contributed by atoms with Gasteiger partial charge in [0.15, 0.2) is 5.69 Å². The van der Waals surface area contributed by atoms with Gasteiger partial charge in [-0.05, 0) is 18.6 Å². The van der Waals surface area contributed by atoms with Crippen LogP contribution >= 0.6 is 0 Å². The zero-order valence-corrected chi connectivity index (χ0v) is 10.2. The van der Waals surface area contributed by atoms with Crippen LogP contribution in [0, 0.1) is 0 Å². The maximum Gasteiger partial charge on any atom is 0.272 e. The van der Waals surface area contributed by atoms with Crippen LogP contribution in [-0.4, -0.2) is 41.3 Å². The van der Waals surface area contributed by atoms with Gasteiger partial charge in [0.05, 0.1) is 5.69 Å². The first kappa shape index (κ1) is 12.3. The zero-order chi connectivity index (χ0) is 13.1. The Hall–Kier alpha value is -2.11. The number of piperidine rings is 1. The number of nitrogens with one attached hydrogen (secondary N) is 1. The number of aromatic nitrogens is 1. The molecule has 1 aromatic heterocycles. The van der Waals surface area contributed by atoms with Gasteiger partial charge in [-0.2, -0.15) is 0 Å². The van der Waals surface area contributed by atoms with Crippen LogP contribution in [0.15, 0.2) is 18.3 Å². The summed E-state index contributed by atoms with van der Waals surface area (Å²) in [5, 5.41) is 2.85. The van der Waals surface area contributed by atoms with Gasteiger partial charge in [0.25, 0.3) is 5.91 Å². The van der Waals surface area contributed by atoms with Crippen molar-refractivity contribution in [1.82, 2.24) is 15.2 Å². The number of nitrogens with two attached hydrogens (primary N) is 1. The van der Waals surface area contributed by atoms with Crippen LogP contribution in [0.2, 0.25) is 0 Å². The maximum absolute atomic E-state index is 12.0. The van der Waals surface area contributed by atoms with E-state index < -0.39 is 0 Å². The Balaban J connectivity index is 2.00. The molecule has 3 N–H and O–H groups in total. The van der Waals surface area contributed by atoms with Crippen molar-refractivity contribution in [2.75, 3.05) is 19.3 Å². The summed E-state index contributed by atoms with van der Waals surface area (Å²) in [5.74, 6) is -0.182. The molecule has 0 radical (unpaired) electrons. The number of likely N-dealkylation sites (N-methyl/N-ethyl adjacent to an activating group) is 1. The second-order valence-electron chi connectivity index (χ2n) is 4.42. The van der Waals surface area contributed by atoms with Crippen LogP contribution in [0.3, 0.4) is 0 Å². The minimum Gasteiger partial charge on any atom is -0.397 e. The summed E-state index contributed by atoms with van der Waals surface area (Å²) < 4.78 is 0. The molecular weight excluding hydrogens is 232 g/mol. The molecule has 0 aliphatic carbocycles. The monoisotopic (exact) mass is 248 g/mol. The first-order valence-corrected chi connectivity index (χ1v) is 5.83. The lowest BCUT2D eigenvalue weighted by Crippen LogP contribution is -2.48. The molecule has 0 aromatic carbocycles. The number of carbonyl (C=O) groups excluding carboxylic acids is 2. The SMILES string of the molecule is CN1CC(NC(=O)c2ncccc2N)CCC1=O. The van der Waals surface area contributed by atoms with Crippen molar-refractivity contribution in [2.45, 2.75) is 18.9 Å². The van der Waals surface area contributed by atoms with Crippen LogP contribution in [0.25, 0.3) is 0 Å². The fraction of sp³-hybridized carbons (Fsp3) is 0.417. The summed E-state index contributed by atoms with van der Waals surface area (Å²) in [5.41, 5.74) is 6.28. The van der Waals surface area contributed by atoms with Gasteiger partial charge in [0.2, 0.25) is 5.91 Å². The minimum absolute atomic E-state index is 0.0402. The third-order valence-electron chi connectivity index (χ3n) is 3.02. The Kier molecular flexibility index (Phi) is 3.45. The molecule has 0 spiro atoms. The van der Waals surface area contributed by atoms with Gasteiger partial charge >= 0.3 is 0 Å². The quantitative estimate of drug-likeness (QED) is 0.772. The number of hydrogen-bond donors (Lipinski definition) is 2. The molecule has 2 amide bonds. The Morgan fingerprint density at radius 2 is 2.39 bits per heavy atom. The lowest BCUT2D eigenvalue weighted by molar-refractivity contribution is -0.132. The van der Waals surface area contributed by atoms with E-state index in [1.807, 2.05) is 0 Å². The first-order chi connectivity index (χ1) is 8.58. The van der Waals surface area contributed by atoms with Crippen molar-refractivity contribution in [2.24, 2.45) is 0 Å². The second kappa shape index (κ2) is 5.03. The Morgan fingerprint density at radius 3 is 3.06 bits per heavy atom. The molecule has 1 saturated heterocycles. The molecule has 1 fully saturated rings. The predicted octanol–water partition coefficient (Wildman–Crippen LogP) is 0.0144. The van der Waals surface area contributed by atoms with E-state index in [0.29, 0.717) is 25.1 Å². The molecule has 1 aliphatic rings. The Morgan fingerprint density at radius 1 is 1.61 bits per heavy atom. The van der Waals surface area contributed by atoms with E-state index in [1.54, 1.807) is 24.1 Å². The van der Waals surface area contributed by atoms with E-state index >= 15 is 0 Å². The number of nitrogen functional groups attached to an aromatic ring is 1. The Bertz CT molecular complexity index is 475. The van der Waals surface area contributed by atoms with E-state index in [2.05, 4.69) is 10.3 Å². The summed E-state index contributed by atoms with van der Waals surface area (Å²) in [6.07, 6.45) is 2.64. The van der Waals surface area contributed by atoms with Crippen LogP contribution in [0.1, 0.15) is 23.3 Å². The minimum atomic E-state index is -0.291. The van der Waals surface area contributed by atoms with Gasteiger partial charge < -0.3 is 16.0 Å². The predicted molar refractivity (Wildman–Crippen MR) is 66.8 cm³/mol. The third kappa shape index (κ3) is 2.58. The van der Waals surface area contributed by atoms with E-state index in [9.17, 15) is 9.59 Å². The fourth-order valence-corrected chi connectivity index (χ4v) is 1.99. The number of pyridine rings is 1. The second-order valence-corrected chi connectivity index (χ2v) is 4.42. The smallest absolute Gasteiger partial charge is 0.272 e. The number of amides is 2. The molecule has 1 unspecified atom stereocenters. The lowest BCUT2D eigenvalue weighted by atomic mass is 10.1. The first-order valence-electron chi connectivity index (χ1n) is 5.83. The van der Waals surface area contributed by atoms with E-state index in [0.717, 1.165) is 0 Å². The normalized spacial score (nSPS) is 19.7. The molecule has 0 saturated carbocycles. The summed E-state index contributed by atoms with van der Waals surface area (Å²) >= 11 is 0. The van der Waals surface area contributed by atoms with Crippen molar-refractivity contribution in [3.05, 3.63) is 24.0 Å². The number of anilines is 1. The molecule has 1 aliphatic heterocycles. The highest BCUT2D eigenvalue weighted by Gasteiger charge is 2.25. The summed E-state index contributed by atoms with van der Waals surface area (Å²) in [7, 11) is 1.73. The standard InChI is InChI=1S/C12H16N4O2/c1-16-7-8(4-5-10(16)17)15-12(18)11-9(13)3-2-6-14-11/h2-3,6,8H,4-5,7,13H2,1H3,(H,15,18). The van der Waals surface area contributed by atoms with Gasteiger partial charge in [-0.15, -0.1) is 0 Å². The summed E-state index contributed by atoms with van der Waals surface area (Å²) in [4.78, 5) is 28.9. The van der Waals surface area contributed by atoms with Crippen molar-refractivity contribution >= 4 is 17.5 Å². The summed E-state index contributed by atoms with van der Waals surface area (Å²) in [6.45, 7) is 0.525. The number of likely N-dealkylation sites (tertiary alicyclic amines) is 1. The summed E-state index contributed by atoms with van der Waals surface area (Å²) in [6, 6.07) is 3.28. The van der Waals surface area contributed by atoms with Crippen LogP contribution in [-0.2, 0) is 4.79 Å². The van der Waals surface area contributed by atoms with Gasteiger partial charge in [0, 0.05) is 32.3 Å². The number of carbonyl (C=O) groups is 2. The average molecular weight is 248 g/mol. The van der Waals surface area contributed by atoms with Crippen LogP contribution in [0.5, 0.6) is 0 Å². The van der Waals surface area contributed by atoms with Crippen molar-refractivity contribution < 1.29 is 9.59 Å². The molecule has 96 valence electrons. The fourth-order valence-electron chi connectivity index (χ4n) is 1.99. The number of nitrogens with zero attached hydrogens (tertiary/aromatic N) is 2. The topological polar surface area (TPSA) is 88.3 Å². The van der Waals surface area contributed by atoms with E-state index in [-0.39, 0.29) is 23.6 Å². The Labute approximate surface area is 105 Å². The molecule has 6 nitrogen and oxygen atoms in total. The van der Waals surface area contributed by atoms with Gasteiger partial charge in [-0.25, -0.2) is 4.98 Å². The van der Waals surface area contributed by atoms with Crippen molar-refractivity contribution in [1.29, 1.82) is 0 Å². The van der Waals surface area contributed by atoms with Crippen LogP contribution in [0.4, 0.5) is 5.69 Å². The van der Waals surface area contributed by atoms with E-state index in [1.165, 1.54) is 6.20 Å². The molecule has 1 aromatic rings. The molecule has 1 atom stereocenters. The van der Waals surface area contributed by atoms with Gasteiger partial charge in [-0.3, -0.25) is 9.59 Å². The third-order valence-corrected chi connectivity index (χ3v) is 3.02. The van der Waals surface area contributed by atoms with E-state index in [4.69, 9.17) is 5.73 Å². The van der Waals surface area contributed by atoms with Crippen LogP contribution < -0.4 is 11.1 Å². The molecule has 2 heterocycles. The largest absolute Gasteiger partial charge is 0.397 e. The van der Waals surface area contributed by atoms with Crippen molar-refractivity contribution in [3.8, 4) is 0 Å². The zero-order valence-electron chi connectivity index (χ0n) is 10.2. The molecule has 0 bridgehead atoms. The molecular formula is C12H16N4O2. The molecule has 2 rings (SSSR count). The van der Waals surface area contributed by atoms with Gasteiger partial charge in [0.1, 0.15) is 0 Å². The number of hydrogen-bond acceptors (Lipinski definition) is 4. The maximum atomic E-state index is 12.0. The van der Waals surface area contributed by atoms with Gasteiger partial charge in [-0.1, -0.05) is 0 Å². The molecule has 18 heavy (non-hydrogen) atoms. The molecule has 6 heteroatoms. The lowest BCUT2D eigenvalue weighted by Gasteiger charge is -2.30. The highest BCUT2D eigenvalue weighted by Crippen LogP contribution is 2.12. The highest BCUT2D eigenvalue weighted by molar-refractivity contribution is 5.97. The number of rotatable bonds is 2.